The van der Waals surface area contributed by atoms with Crippen molar-refractivity contribution in [3.63, 3.8) is 0 Å². The molecule has 0 radical (unpaired) electrons. The number of pyridine rings is 1. The zero-order chi connectivity index (χ0) is 27.9. The number of carboxylic acid groups (broad SMARTS) is 1. The number of carboxylic acids is 1. The van der Waals surface area contributed by atoms with E-state index >= 15 is 0 Å². The van der Waals surface area contributed by atoms with E-state index in [0.717, 1.165) is 64.0 Å². The lowest BCUT2D eigenvalue weighted by Crippen LogP contribution is -2.24. The van der Waals surface area contributed by atoms with Crippen LogP contribution >= 0.6 is 11.9 Å². The van der Waals surface area contributed by atoms with Crippen molar-refractivity contribution in [3.8, 4) is 11.3 Å². The number of aliphatic hydroxyl groups is 1. The molecule has 2 aromatic rings. The topological polar surface area (TPSA) is 73.7 Å². The molecule has 0 spiro atoms. The molecule has 0 saturated heterocycles. The molecule has 7 heteroatoms. The first-order valence-corrected chi connectivity index (χ1v) is 14.0. The highest BCUT2D eigenvalue weighted by molar-refractivity contribution is 7.99. The van der Waals surface area contributed by atoms with Gasteiger partial charge in [0.25, 0.3) is 0 Å². The highest BCUT2D eigenvalue weighted by Gasteiger charge is 2.34. The molecule has 0 saturated carbocycles. The quantitative estimate of drug-likeness (QED) is 0.401. The van der Waals surface area contributed by atoms with E-state index in [1.807, 2.05) is 13.2 Å². The van der Waals surface area contributed by atoms with Gasteiger partial charge in [-0.1, -0.05) is 31.4 Å². The molecule has 0 amide bonds. The summed E-state index contributed by atoms with van der Waals surface area (Å²) in [6.07, 6.45) is 6.27. The van der Waals surface area contributed by atoms with Crippen LogP contribution in [0.4, 0.5) is 10.1 Å². The average Bonchev–Trinajstić information content (AvgIpc) is 2.75. The summed E-state index contributed by atoms with van der Waals surface area (Å²) >= 11 is 1.57. The SMILES string of the molecule is CC(C)(C)O.CSN1Cc2cc(F)cnc2-c2c(C)c(C3=C(C)CC(C)(C)CC3)c(CC(=O)O)c(C)c21. The zero-order valence-electron chi connectivity index (χ0n) is 23.7. The second-order valence-corrected chi connectivity index (χ2v) is 12.9. The van der Waals surface area contributed by atoms with Gasteiger partial charge in [0, 0.05) is 17.4 Å². The van der Waals surface area contributed by atoms with Crippen molar-refractivity contribution in [1.29, 1.82) is 0 Å². The zero-order valence-corrected chi connectivity index (χ0v) is 24.5. The Kier molecular flexibility index (Phi) is 8.50. The first-order chi connectivity index (χ1) is 17.0. The molecule has 1 aliphatic carbocycles. The van der Waals surface area contributed by atoms with Gasteiger partial charge in [-0.25, -0.2) is 4.39 Å². The molecule has 0 bridgehead atoms. The number of fused-ring (bicyclic) bond motifs is 3. The molecule has 1 aliphatic heterocycles. The molecule has 1 aromatic carbocycles. The minimum absolute atomic E-state index is 0.0125. The summed E-state index contributed by atoms with van der Waals surface area (Å²) in [7, 11) is 0. The minimum Gasteiger partial charge on any atom is -0.481 e. The van der Waals surface area contributed by atoms with Crippen molar-refractivity contribution in [2.45, 2.75) is 93.2 Å². The number of hydrogen-bond acceptors (Lipinski definition) is 5. The molecule has 0 fully saturated rings. The Hall–Kier alpha value is -2.38. The van der Waals surface area contributed by atoms with Gasteiger partial charge in [0.15, 0.2) is 0 Å². The lowest BCUT2D eigenvalue weighted by Gasteiger charge is -2.37. The standard InChI is InChI=1S/C26H31FN2O2S.C4H10O/c1-14-11-26(4,5)8-7-19(14)22-16(3)23-24-17(9-18(27)12-28-24)13-29(32-6)25(23)15(2)20(22)10-21(30)31;1-4(2,3)5/h9,12H,7-8,10-11,13H2,1-6H3,(H,30,31);5H,1-3H3. The lowest BCUT2D eigenvalue weighted by atomic mass is 9.71. The summed E-state index contributed by atoms with van der Waals surface area (Å²) < 4.78 is 16.2. The van der Waals surface area contributed by atoms with Crippen molar-refractivity contribution in [3.05, 3.63) is 51.5 Å². The lowest BCUT2D eigenvalue weighted by molar-refractivity contribution is -0.136. The summed E-state index contributed by atoms with van der Waals surface area (Å²) in [5, 5.41) is 18.3. The van der Waals surface area contributed by atoms with Gasteiger partial charge in [0.2, 0.25) is 0 Å². The third-order valence-electron chi connectivity index (χ3n) is 6.99. The smallest absolute Gasteiger partial charge is 0.307 e. The predicted octanol–water partition coefficient (Wildman–Crippen LogP) is 7.49. The van der Waals surface area contributed by atoms with Crippen molar-refractivity contribution in [1.82, 2.24) is 4.98 Å². The summed E-state index contributed by atoms with van der Waals surface area (Å²) in [6, 6.07) is 1.57. The predicted molar refractivity (Wildman–Crippen MR) is 152 cm³/mol. The number of benzene rings is 1. The fourth-order valence-electron chi connectivity index (χ4n) is 5.57. The van der Waals surface area contributed by atoms with E-state index in [1.54, 1.807) is 38.8 Å². The Morgan fingerprint density at radius 1 is 1.19 bits per heavy atom. The summed E-state index contributed by atoms with van der Waals surface area (Å²) in [5.74, 6) is -1.16. The van der Waals surface area contributed by atoms with Crippen molar-refractivity contribution in [2.24, 2.45) is 5.41 Å². The molecular weight excluding hydrogens is 487 g/mol. The Morgan fingerprint density at radius 3 is 2.35 bits per heavy atom. The maximum Gasteiger partial charge on any atom is 0.307 e. The van der Waals surface area contributed by atoms with Crippen LogP contribution in [0.5, 0.6) is 0 Å². The first kappa shape index (κ1) is 29.2. The van der Waals surface area contributed by atoms with Gasteiger partial charge in [-0.15, -0.1) is 0 Å². The van der Waals surface area contributed by atoms with Crippen LogP contribution in [-0.4, -0.2) is 33.0 Å². The second-order valence-electron chi connectivity index (χ2n) is 12.0. The molecule has 2 aliphatic rings. The maximum atomic E-state index is 14.0. The Labute approximate surface area is 225 Å². The monoisotopic (exact) mass is 528 g/mol. The number of halogens is 1. The van der Waals surface area contributed by atoms with E-state index in [1.165, 1.54) is 17.3 Å². The van der Waals surface area contributed by atoms with E-state index in [9.17, 15) is 14.3 Å². The third kappa shape index (κ3) is 6.55. The largest absolute Gasteiger partial charge is 0.481 e. The fourth-order valence-corrected chi connectivity index (χ4v) is 6.25. The summed E-state index contributed by atoms with van der Waals surface area (Å²) in [6.45, 7) is 16.6. The van der Waals surface area contributed by atoms with E-state index in [2.05, 4.69) is 37.0 Å². The Balaban J connectivity index is 0.000000695. The number of aromatic nitrogens is 1. The van der Waals surface area contributed by atoms with E-state index in [4.69, 9.17) is 5.11 Å². The van der Waals surface area contributed by atoms with Crippen LogP contribution in [0.3, 0.4) is 0 Å². The fraction of sp³-hybridized carbons (Fsp3) is 0.533. The van der Waals surface area contributed by atoms with Gasteiger partial charge in [0.05, 0.1) is 36.1 Å². The van der Waals surface area contributed by atoms with Crippen molar-refractivity contribution in [2.75, 3.05) is 10.6 Å². The van der Waals surface area contributed by atoms with Crippen LogP contribution in [0.1, 0.15) is 88.6 Å². The highest BCUT2D eigenvalue weighted by Crippen LogP contribution is 2.51. The molecule has 2 heterocycles. The van der Waals surface area contributed by atoms with Crippen LogP contribution in [0.25, 0.3) is 16.8 Å². The number of hydrogen-bond donors (Lipinski definition) is 2. The van der Waals surface area contributed by atoms with E-state index in [-0.39, 0.29) is 17.7 Å². The van der Waals surface area contributed by atoms with Crippen LogP contribution in [0.2, 0.25) is 0 Å². The van der Waals surface area contributed by atoms with Crippen LogP contribution in [0.15, 0.2) is 17.8 Å². The molecule has 2 N–H and O–H groups in total. The van der Waals surface area contributed by atoms with Crippen LogP contribution in [0, 0.1) is 25.1 Å². The molecule has 1 aromatic heterocycles. The summed E-state index contributed by atoms with van der Waals surface area (Å²) in [5.41, 5.74) is 10.0. The maximum absolute atomic E-state index is 14.0. The summed E-state index contributed by atoms with van der Waals surface area (Å²) in [4.78, 5) is 16.4. The van der Waals surface area contributed by atoms with E-state index < -0.39 is 11.6 Å². The van der Waals surface area contributed by atoms with Crippen LogP contribution in [-0.2, 0) is 17.8 Å². The van der Waals surface area contributed by atoms with Gasteiger partial charge in [0.1, 0.15) is 5.82 Å². The average molecular weight is 529 g/mol. The number of allylic oxidation sites excluding steroid dienone is 2. The Bertz CT molecular complexity index is 1240. The molecule has 0 atom stereocenters. The molecule has 5 nitrogen and oxygen atoms in total. The molecule has 202 valence electrons. The van der Waals surface area contributed by atoms with Gasteiger partial charge in [-0.05, 0) is 100 Å². The normalized spacial score (nSPS) is 16.6. The number of carbonyl (C=O) groups is 1. The second kappa shape index (κ2) is 10.8. The van der Waals surface area contributed by atoms with Gasteiger partial charge in [-0.2, -0.15) is 0 Å². The molecular formula is C30H41FN2O3S. The van der Waals surface area contributed by atoms with E-state index in [0.29, 0.717) is 6.54 Å². The van der Waals surface area contributed by atoms with Crippen LogP contribution < -0.4 is 4.31 Å². The number of aliphatic carboxylic acids is 1. The molecule has 37 heavy (non-hydrogen) atoms. The number of nitrogens with zero attached hydrogens (tertiary/aromatic N) is 2. The van der Waals surface area contributed by atoms with Gasteiger partial charge >= 0.3 is 5.97 Å². The van der Waals surface area contributed by atoms with Gasteiger partial charge < -0.3 is 14.5 Å². The number of anilines is 1. The van der Waals surface area contributed by atoms with Crippen molar-refractivity contribution >= 4 is 29.2 Å². The molecule has 0 unspecified atom stereocenters. The number of rotatable bonds is 4. The first-order valence-electron chi connectivity index (χ1n) is 12.8. The molecule has 4 rings (SSSR count). The minimum atomic E-state index is -0.824. The van der Waals surface area contributed by atoms with Gasteiger partial charge in [-0.3, -0.25) is 9.78 Å². The third-order valence-corrected chi connectivity index (χ3v) is 7.74. The highest BCUT2D eigenvalue weighted by atomic mass is 32.2. The van der Waals surface area contributed by atoms with Crippen molar-refractivity contribution < 1.29 is 19.4 Å². The Morgan fingerprint density at radius 2 is 1.81 bits per heavy atom.